The van der Waals surface area contributed by atoms with Crippen LogP contribution < -0.4 is 0 Å². The molecule has 1 aromatic heterocycles. The summed E-state index contributed by atoms with van der Waals surface area (Å²) < 4.78 is 1.06. The summed E-state index contributed by atoms with van der Waals surface area (Å²) in [5, 5.41) is 20.1. The third-order valence-electron chi connectivity index (χ3n) is 3.86. The highest BCUT2D eigenvalue weighted by molar-refractivity contribution is 9.10. The summed E-state index contributed by atoms with van der Waals surface area (Å²) in [6.45, 7) is 0. The lowest BCUT2D eigenvalue weighted by Gasteiger charge is -2.20. The summed E-state index contributed by atoms with van der Waals surface area (Å²) in [7, 11) is 0. The molecule has 0 atom stereocenters. The van der Waals surface area contributed by atoms with E-state index >= 15 is 0 Å². The van der Waals surface area contributed by atoms with Crippen molar-refractivity contribution in [1.82, 2.24) is 4.98 Å². The molecule has 1 heterocycles. The number of benzene rings is 1. The van der Waals surface area contributed by atoms with Crippen LogP contribution in [-0.2, 0) is 18.6 Å². The van der Waals surface area contributed by atoms with Gasteiger partial charge in [0.2, 0.25) is 5.88 Å². The lowest BCUT2D eigenvalue weighted by molar-refractivity contribution is 0.442. The molecule has 1 aliphatic carbocycles. The van der Waals surface area contributed by atoms with E-state index in [-0.39, 0.29) is 5.88 Å². The van der Waals surface area contributed by atoms with E-state index in [9.17, 15) is 10.4 Å². The summed E-state index contributed by atoms with van der Waals surface area (Å²) in [6, 6.07) is 10.3. The topological polar surface area (TPSA) is 56.9 Å². The fourth-order valence-electron chi connectivity index (χ4n) is 2.74. The van der Waals surface area contributed by atoms with E-state index in [2.05, 4.69) is 39.1 Å². The molecule has 0 unspecified atom stereocenters. The van der Waals surface area contributed by atoms with Crippen LogP contribution in [0.2, 0.25) is 0 Å². The Balaban J connectivity index is 1.89. The molecule has 1 aromatic carbocycles. The predicted octanol–water partition coefficient (Wildman–Crippen LogP) is 4.59. The van der Waals surface area contributed by atoms with Gasteiger partial charge in [-0.25, -0.2) is 4.98 Å². The Morgan fingerprint density at radius 1 is 1.18 bits per heavy atom. The number of hydrogen-bond acceptors (Lipinski definition) is 4. The molecule has 112 valence electrons. The molecule has 0 spiro atoms. The van der Waals surface area contributed by atoms with Crippen LogP contribution in [-0.4, -0.2) is 10.1 Å². The number of halogens is 1. The number of aromatic nitrogens is 1. The maximum Gasteiger partial charge on any atom is 0.230 e. The summed E-state index contributed by atoms with van der Waals surface area (Å²) in [4.78, 5) is 4.28. The molecule has 0 saturated heterocycles. The molecule has 22 heavy (non-hydrogen) atoms. The van der Waals surface area contributed by atoms with Gasteiger partial charge in [-0.1, -0.05) is 28.1 Å². The highest BCUT2D eigenvalue weighted by Gasteiger charge is 2.22. The van der Waals surface area contributed by atoms with Gasteiger partial charge in [-0.05, 0) is 54.5 Å². The fraction of sp³-hybridized carbons (Fsp3) is 0.294. The SMILES string of the molecule is N#Cc1c(O)nc(SCc2ccc(Br)cc2)c2c1CCCC2. The molecule has 0 radical (unpaired) electrons. The van der Waals surface area contributed by atoms with Crippen molar-refractivity contribution < 1.29 is 5.11 Å². The van der Waals surface area contributed by atoms with Crippen molar-refractivity contribution in [2.45, 2.75) is 36.5 Å². The lowest BCUT2D eigenvalue weighted by atomic mass is 9.90. The van der Waals surface area contributed by atoms with Gasteiger partial charge in [0, 0.05) is 10.2 Å². The number of nitrogens with zero attached hydrogens (tertiary/aromatic N) is 2. The molecule has 0 saturated carbocycles. The first-order valence-corrected chi connectivity index (χ1v) is 8.99. The molecule has 0 bridgehead atoms. The second kappa shape index (κ2) is 6.72. The van der Waals surface area contributed by atoms with Crippen molar-refractivity contribution in [1.29, 1.82) is 5.26 Å². The van der Waals surface area contributed by atoms with Crippen LogP contribution in [0.5, 0.6) is 5.88 Å². The molecule has 1 N–H and O–H groups in total. The van der Waals surface area contributed by atoms with E-state index in [4.69, 9.17) is 0 Å². The van der Waals surface area contributed by atoms with Crippen molar-refractivity contribution in [3.05, 3.63) is 51.0 Å². The Kier molecular flexibility index (Phi) is 4.70. The Morgan fingerprint density at radius 2 is 1.86 bits per heavy atom. The van der Waals surface area contributed by atoms with E-state index in [0.717, 1.165) is 52.1 Å². The number of rotatable bonds is 3. The van der Waals surface area contributed by atoms with Gasteiger partial charge in [0.1, 0.15) is 16.7 Å². The van der Waals surface area contributed by atoms with Crippen LogP contribution in [0.4, 0.5) is 0 Å². The minimum absolute atomic E-state index is 0.124. The second-order valence-electron chi connectivity index (χ2n) is 5.31. The second-order valence-corrected chi connectivity index (χ2v) is 7.19. The minimum atomic E-state index is -0.124. The number of pyridine rings is 1. The van der Waals surface area contributed by atoms with Crippen LogP contribution in [0.25, 0.3) is 0 Å². The first kappa shape index (κ1) is 15.4. The normalized spacial score (nSPS) is 13.5. The van der Waals surface area contributed by atoms with E-state index in [1.807, 2.05) is 12.1 Å². The van der Waals surface area contributed by atoms with Crippen LogP contribution in [0, 0.1) is 11.3 Å². The third-order valence-corrected chi connectivity index (χ3v) is 5.48. The van der Waals surface area contributed by atoms with Crippen molar-refractivity contribution >= 4 is 27.7 Å². The zero-order valence-electron chi connectivity index (χ0n) is 12.0. The number of nitriles is 1. The number of aromatic hydroxyl groups is 1. The molecule has 3 rings (SSSR count). The molecule has 0 aliphatic heterocycles. The van der Waals surface area contributed by atoms with E-state index < -0.39 is 0 Å². The average molecular weight is 375 g/mol. The summed E-state index contributed by atoms with van der Waals surface area (Å²) in [6.07, 6.45) is 4.00. The Labute approximate surface area is 142 Å². The average Bonchev–Trinajstić information content (AvgIpc) is 2.54. The van der Waals surface area contributed by atoms with Crippen molar-refractivity contribution in [2.24, 2.45) is 0 Å². The Hall–Kier alpha value is -1.51. The first-order valence-electron chi connectivity index (χ1n) is 7.21. The zero-order chi connectivity index (χ0) is 15.5. The highest BCUT2D eigenvalue weighted by Crippen LogP contribution is 2.36. The Morgan fingerprint density at radius 3 is 2.55 bits per heavy atom. The summed E-state index contributed by atoms with van der Waals surface area (Å²) in [5.41, 5.74) is 3.73. The van der Waals surface area contributed by atoms with Crippen molar-refractivity contribution in [3.8, 4) is 11.9 Å². The van der Waals surface area contributed by atoms with Gasteiger partial charge in [-0.3, -0.25) is 0 Å². The predicted molar refractivity (Wildman–Crippen MR) is 91.0 cm³/mol. The molecule has 1 aliphatic rings. The summed E-state index contributed by atoms with van der Waals surface area (Å²) in [5.74, 6) is 0.680. The lowest BCUT2D eigenvalue weighted by Crippen LogP contribution is -2.09. The number of hydrogen-bond donors (Lipinski definition) is 1. The van der Waals surface area contributed by atoms with Gasteiger partial charge in [0.05, 0.1) is 0 Å². The first-order chi connectivity index (χ1) is 10.7. The number of fused-ring (bicyclic) bond motifs is 1. The largest absolute Gasteiger partial charge is 0.492 e. The molecule has 2 aromatic rings. The molecule has 0 fully saturated rings. The van der Waals surface area contributed by atoms with E-state index in [1.165, 1.54) is 5.56 Å². The van der Waals surface area contributed by atoms with Gasteiger partial charge in [-0.2, -0.15) is 5.26 Å². The monoisotopic (exact) mass is 374 g/mol. The van der Waals surface area contributed by atoms with Crippen molar-refractivity contribution in [2.75, 3.05) is 0 Å². The highest BCUT2D eigenvalue weighted by atomic mass is 79.9. The van der Waals surface area contributed by atoms with Gasteiger partial charge in [-0.15, -0.1) is 11.8 Å². The standard InChI is InChI=1S/C17H15BrN2OS/c18-12-7-5-11(6-8-12)10-22-17-14-4-2-1-3-13(14)15(9-19)16(21)20-17/h5-8H,1-4,10H2,(H,20,21). The molecule has 3 nitrogen and oxygen atoms in total. The minimum Gasteiger partial charge on any atom is -0.492 e. The van der Waals surface area contributed by atoms with Crippen LogP contribution >= 0.6 is 27.7 Å². The Bertz CT molecular complexity index is 738. The smallest absolute Gasteiger partial charge is 0.230 e. The summed E-state index contributed by atoms with van der Waals surface area (Å²) >= 11 is 5.06. The van der Waals surface area contributed by atoms with Crippen molar-refractivity contribution in [3.63, 3.8) is 0 Å². The quantitative estimate of drug-likeness (QED) is 0.797. The maximum absolute atomic E-state index is 10.0. The van der Waals surface area contributed by atoms with Gasteiger partial charge in [0.15, 0.2) is 0 Å². The van der Waals surface area contributed by atoms with Crippen LogP contribution in [0.3, 0.4) is 0 Å². The van der Waals surface area contributed by atoms with Crippen LogP contribution in [0.1, 0.15) is 35.1 Å². The van der Waals surface area contributed by atoms with E-state index in [0.29, 0.717) is 5.56 Å². The molecular formula is C17H15BrN2OS. The molecule has 5 heteroatoms. The third kappa shape index (κ3) is 3.13. The van der Waals surface area contributed by atoms with Gasteiger partial charge in [0.25, 0.3) is 0 Å². The maximum atomic E-state index is 10.0. The van der Waals surface area contributed by atoms with Gasteiger partial charge < -0.3 is 5.11 Å². The molecular weight excluding hydrogens is 360 g/mol. The van der Waals surface area contributed by atoms with Gasteiger partial charge >= 0.3 is 0 Å². The fourth-order valence-corrected chi connectivity index (χ4v) is 4.05. The molecule has 0 amide bonds. The van der Waals surface area contributed by atoms with Crippen LogP contribution in [0.15, 0.2) is 33.8 Å². The van der Waals surface area contributed by atoms with E-state index in [1.54, 1.807) is 11.8 Å². The zero-order valence-corrected chi connectivity index (χ0v) is 14.4. The number of thioether (sulfide) groups is 1.